The molecule has 0 aromatic heterocycles. The van der Waals surface area contributed by atoms with Crippen LogP contribution in [0.2, 0.25) is 0 Å². The van der Waals surface area contributed by atoms with Crippen molar-refractivity contribution in [3.8, 4) is 0 Å². The number of methoxy groups -OCH3 is 1. The number of hydrogen-bond donors (Lipinski definition) is 1. The largest absolute Gasteiger partial charge is 0.513 e. The summed E-state index contributed by atoms with van der Waals surface area (Å²) < 4.78 is 10.4. The third-order valence-electron chi connectivity index (χ3n) is 1.98. The number of ether oxygens (including phenoxy) is 2. The fraction of sp³-hybridized carbons (Fsp3) is 0.778. The van der Waals surface area contributed by atoms with Crippen LogP contribution in [0.5, 0.6) is 0 Å². The number of rotatable bonds is 4. The SMILES string of the molecule is COCCOC1CC=C(O)CC1.[Pt]. The number of hydrogen-bond acceptors (Lipinski definition) is 3. The minimum Gasteiger partial charge on any atom is -0.513 e. The summed E-state index contributed by atoms with van der Waals surface area (Å²) >= 11 is 0. The van der Waals surface area contributed by atoms with E-state index in [-0.39, 0.29) is 27.2 Å². The Morgan fingerprint density at radius 3 is 2.85 bits per heavy atom. The van der Waals surface area contributed by atoms with E-state index in [1.807, 2.05) is 6.08 Å². The van der Waals surface area contributed by atoms with Crippen molar-refractivity contribution in [2.75, 3.05) is 20.3 Å². The Bertz CT molecular complexity index is 159. The van der Waals surface area contributed by atoms with Gasteiger partial charge in [-0.3, -0.25) is 0 Å². The first-order valence-corrected chi connectivity index (χ1v) is 4.31. The van der Waals surface area contributed by atoms with Crippen LogP contribution in [-0.2, 0) is 30.5 Å². The topological polar surface area (TPSA) is 38.7 Å². The molecular formula is C9H16O3Pt. The first kappa shape index (κ1) is 13.1. The Morgan fingerprint density at radius 2 is 2.31 bits per heavy atom. The van der Waals surface area contributed by atoms with Gasteiger partial charge in [0.1, 0.15) is 0 Å². The van der Waals surface area contributed by atoms with E-state index in [9.17, 15) is 0 Å². The van der Waals surface area contributed by atoms with Crippen LogP contribution in [0.15, 0.2) is 11.8 Å². The summed E-state index contributed by atoms with van der Waals surface area (Å²) in [6.45, 7) is 1.29. The Morgan fingerprint density at radius 1 is 1.54 bits per heavy atom. The molecule has 0 saturated carbocycles. The summed E-state index contributed by atoms with van der Waals surface area (Å²) in [5.74, 6) is 0.501. The van der Waals surface area contributed by atoms with Gasteiger partial charge >= 0.3 is 0 Å². The van der Waals surface area contributed by atoms with E-state index in [0.717, 1.165) is 19.3 Å². The quantitative estimate of drug-likeness (QED) is 0.768. The van der Waals surface area contributed by atoms with E-state index in [0.29, 0.717) is 19.0 Å². The minimum atomic E-state index is 0. The summed E-state index contributed by atoms with van der Waals surface area (Å²) in [4.78, 5) is 0. The Balaban J connectivity index is 0.00000144. The van der Waals surface area contributed by atoms with Gasteiger partial charge in [0.15, 0.2) is 0 Å². The predicted molar refractivity (Wildman–Crippen MR) is 46.2 cm³/mol. The standard InChI is InChI=1S/C9H16O3.Pt/c1-11-6-7-12-9-4-2-8(10)3-5-9;/h2,9-10H,3-7H2,1H3;. The van der Waals surface area contributed by atoms with Crippen molar-refractivity contribution in [1.82, 2.24) is 0 Å². The molecular weight excluding hydrogens is 351 g/mol. The van der Waals surface area contributed by atoms with Gasteiger partial charge in [0.25, 0.3) is 0 Å². The van der Waals surface area contributed by atoms with Crippen molar-refractivity contribution in [1.29, 1.82) is 0 Å². The number of aliphatic hydroxyl groups excluding tert-OH is 1. The zero-order valence-electron chi connectivity index (χ0n) is 7.77. The van der Waals surface area contributed by atoms with Gasteiger partial charge in [0, 0.05) is 34.6 Å². The molecule has 0 aromatic carbocycles. The molecule has 0 spiro atoms. The average Bonchev–Trinajstić information content (AvgIpc) is 2.09. The van der Waals surface area contributed by atoms with Gasteiger partial charge in [-0.15, -0.1) is 0 Å². The normalized spacial score (nSPS) is 21.9. The van der Waals surface area contributed by atoms with Crippen LogP contribution in [-0.4, -0.2) is 31.5 Å². The molecule has 0 heterocycles. The monoisotopic (exact) mass is 367 g/mol. The van der Waals surface area contributed by atoms with E-state index in [1.165, 1.54) is 0 Å². The van der Waals surface area contributed by atoms with Gasteiger partial charge in [-0.05, 0) is 18.9 Å². The van der Waals surface area contributed by atoms with Crippen molar-refractivity contribution in [2.24, 2.45) is 0 Å². The van der Waals surface area contributed by atoms with Crippen molar-refractivity contribution in [3.63, 3.8) is 0 Å². The number of allylic oxidation sites excluding steroid dienone is 1. The molecule has 80 valence electrons. The molecule has 1 aliphatic rings. The zero-order valence-corrected chi connectivity index (χ0v) is 10.0. The van der Waals surface area contributed by atoms with E-state index >= 15 is 0 Å². The molecule has 0 aromatic rings. The molecule has 1 rings (SSSR count). The summed E-state index contributed by atoms with van der Waals surface area (Å²) in [7, 11) is 1.66. The van der Waals surface area contributed by atoms with Crippen molar-refractivity contribution >= 4 is 0 Å². The maximum atomic E-state index is 9.08. The van der Waals surface area contributed by atoms with Crippen LogP contribution in [0.1, 0.15) is 19.3 Å². The van der Waals surface area contributed by atoms with Crippen LogP contribution in [0.25, 0.3) is 0 Å². The minimum absolute atomic E-state index is 0. The van der Waals surface area contributed by atoms with Crippen LogP contribution < -0.4 is 0 Å². The van der Waals surface area contributed by atoms with Crippen molar-refractivity contribution in [2.45, 2.75) is 25.4 Å². The Hall–Kier alpha value is 0.148. The molecule has 1 aliphatic carbocycles. The zero-order chi connectivity index (χ0) is 8.81. The maximum absolute atomic E-state index is 9.08. The van der Waals surface area contributed by atoms with Gasteiger partial charge in [-0.25, -0.2) is 0 Å². The fourth-order valence-corrected chi connectivity index (χ4v) is 1.25. The van der Waals surface area contributed by atoms with E-state index in [4.69, 9.17) is 14.6 Å². The smallest absolute Gasteiger partial charge is 0.0884 e. The predicted octanol–water partition coefficient (Wildman–Crippen LogP) is 1.64. The molecule has 1 N–H and O–H groups in total. The summed E-state index contributed by atoms with van der Waals surface area (Å²) in [5.41, 5.74) is 0. The molecule has 13 heavy (non-hydrogen) atoms. The summed E-state index contributed by atoms with van der Waals surface area (Å²) in [6, 6.07) is 0. The molecule has 0 amide bonds. The van der Waals surface area contributed by atoms with E-state index in [2.05, 4.69) is 0 Å². The molecule has 0 bridgehead atoms. The Kier molecular flexibility index (Phi) is 7.63. The third-order valence-corrected chi connectivity index (χ3v) is 1.98. The first-order chi connectivity index (χ1) is 5.83. The average molecular weight is 367 g/mol. The molecule has 4 heteroatoms. The molecule has 3 nitrogen and oxygen atoms in total. The second-order valence-electron chi connectivity index (χ2n) is 2.96. The van der Waals surface area contributed by atoms with Crippen molar-refractivity contribution in [3.05, 3.63) is 11.8 Å². The fourth-order valence-electron chi connectivity index (χ4n) is 1.25. The molecule has 0 saturated heterocycles. The van der Waals surface area contributed by atoms with Crippen molar-refractivity contribution < 1.29 is 35.6 Å². The van der Waals surface area contributed by atoms with Crippen LogP contribution in [0, 0.1) is 0 Å². The molecule has 0 fully saturated rings. The van der Waals surface area contributed by atoms with Gasteiger partial charge in [-0.1, -0.05) is 0 Å². The third kappa shape index (κ3) is 5.45. The molecule has 1 atom stereocenters. The van der Waals surface area contributed by atoms with Crippen LogP contribution >= 0.6 is 0 Å². The first-order valence-electron chi connectivity index (χ1n) is 4.31. The van der Waals surface area contributed by atoms with Gasteiger partial charge in [-0.2, -0.15) is 0 Å². The molecule has 1 unspecified atom stereocenters. The molecule has 0 radical (unpaired) electrons. The second kappa shape index (κ2) is 7.54. The maximum Gasteiger partial charge on any atom is 0.0884 e. The second-order valence-corrected chi connectivity index (χ2v) is 2.96. The number of aliphatic hydroxyl groups is 1. The van der Waals surface area contributed by atoms with Gasteiger partial charge in [0.2, 0.25) is 0 Å². The van der Waals surface area contributed by atoms with E-state index in [1.54, 1.807) is 7.11 Å². The van der Waals surface area contributed by atoms with Gasteiger partial charge in [0.05, 0.1) is 25.1 Å². The van der Waals surface area contributed by atoms with Gasteiger partial charge < -0.3 is 14.6 Å². The van der Waals surface area contributed by atoms with Crippen LogP contribution in [0.3, 0.4) is 0 Å². The Labute approximate surface area is 93.4 Å². The van der Waals surface area contributed by atoms with Crippen LogP contribution in [0.4, 0.5) is 0 Å². The summed E-state index contributed by atoms with van der Waals surface area (Å²) in [6.07, 6.45) is 4.61. The molecule has 0 aliphatic heterocycles. The van der Waals surface area contributed by atoms with E-state index < -0.39 is 0 Å². The summed E-state index contributed by atoms with van der Waals surface area (Å²) in [5, 5.41) is 9.08.